The van der Waals surface area contributed by atoms with E-state index in [0.717, 1.165) is 11.0 Å². The molecule has 3 aromatic rings. The molecule has 0 aliphatic carbocycles. The quantitative estimate of drug-likeness (QED) is 0.311. The molecule has 6 nitrogen and oxygen atoms in total. The summed E-state index contributed by atoms with van der Waals surface area (Å²) in [4.78, 5) is 19.4. The van der Waals surface area contributed by atoms with E-state index in [2.05, 4.69) is 16.6 Å². The normalized spacial score (nSPS) is 11.1. The smallest absolute Gasteiger partial charge is 0.278 e. The first kappa shape index (κ1) is 14.6. The predicted molar refractivity (Wildman–Crippen MR) is 90.3 cm³/mol. The Morgan fingerprint density at radius 3 is 2.74 bits per heavy atom. The molecule has 23 heavy (non-hydrogen) atoms. The van der Waals surface area contributed by atoms with E-state index in [4.69, 9.17) is 0 Å². The van der Waals surface area contributed by atoms with Gasteiger partial charge in [-0.15, -0.1) is 6.58 Å². The fraction of sp³-hybridized carbons (Fsp3) is 0.0588. The molecule has 0 radical (unpaired) electrons. The number of aromatic nitrogens is 2. The van der Waals surface area contributed by atoms with Gasteiger partial charge in [0.05, 0.1) is 21.5 Å². The maximum Gasteiger partial charge on any atom is 0.278 e. The highest BCUT2D eigenvalue weighted by atomic mass is 16.6. The van der Waals surface area contributed by atoms with Gasteiger partial charge < -0.3 is 4.57 Å². The molecule has 0 atom stereocenters. The summed E-state index contributed by atoms with van der Waals surface area (Å²) in [6.07, 6.45) is 3.23. The third-order valence-electron chi connectivity index (χ3n) is 3.40. The summed E-state index contributed by atoms with van der Waals surface area (Å²) in [6, 6.07) is 14.2. The van der Waals surface area contributed by atoms with Crippen molar-refractivity contribution < 1.29 is 4.92 Å². The highest BCUT2D eigenvalue weighted by molar-refractivity contribution is 5.87. The molecule has 0 aliphatic heterocycles. The van der Waals surface area contributed by atoms with Crippen LogP contribution in [0.4, 0.5) is 11.6 Å². The lowest BCUT2D eigenvalue weighted by Gasteiger charge is -2.02. The van der Waals surface area contributed by atoms with Crippen molar-refractivity contribution in [2.45, 2.75) is 6.54 Å². The van der Waals surface area contributed by atoms with Crippen LogP contribution in [0.15, 0.2) is 66.2 Å². The Hall–Kier alpha value is -3.28. The zero-order chi connectivity index (χ0) is 16.2. The molecule has 2 aromatic carbocycles. The molecule has 3 rings (SSSR count). The van der Waals surface area contributed by atoms with E-state index >= 15 is 0 Å². The molecule has 0 spiro atoms. The zero-order valence-corrected chi connectivity index (χ0v) is 12.3. The maximum absolute atomic E-state index is 11.1. The predicted octanol–water partition coefficient (Wildman–Crippen LogP) is 3.88. The van der Waals surface area contributed by atoms with E-state index in [1.165, 1.54) is 12.3 Å². The van der Waals surface area contributed by atoms with Crippen LogP contribution in [0, 0.1) is 10.1 Å². The summed E-state index contributed by atoms with van der Waals surface area (Å²) in [5.74, 6) is 0.490. The molecule has 1 heterocycles. The lowest BCUT2D eigenvalue weighted by Crippen LogP contribution is -1.96. The van der Waals surface area contributed by atoms with Gasteiger partial charge in [-0.3, -0.25) is 10.1 Å². The zero-order valence-electron chi connectivity index (χ0n) is 12.3. The number of aliphatic imine (C=N–C) groups is 1. The lowest BCUT2D eigenvalue weighted by molar-refractivity contribution is -0.385. The van der Waals surface area contributed by atoms with Crippen LogP contribution in [0.25, 0.3) is 11.0 Å². The molecule has 0 aliphatic rings. The van der Waals surface area contributed by atoms with Crippen LogP contribution in [0.1, 0.15) is 5.56 Å². The monoisotopic (exact) mass is 306 g/mol. The standard InChI is InChI=1S/C17H14N4O2/c1-2-11-20-16-10-6-4-8-14(16)19-17(20)18-12-13-7-3-5-9-15(13)21(22)23/h2-10,12H,1,11H2/b18-12+. The average molecular weight is 306 g/mol. The Morgan fingerprint density at radius 2 is 1.96 bits per heavy atom. The minimum Gasteiger partial charge on any atom is -0.305 e. The highest BCUT2D eigenvalue weighted by Crippen LogP contribution is 2.22. The molecular weight excluding hydrogens is 292 g/mol. The number of nitrogens with zero attached hydrogens (tertiary/aromatic N) is 4. The van der Waals surface area contributed by atoms with Gasteiger partial charge in [-0.25, -0.2) is 9.98 Å². The number of hydrogen-bond acceptors (Lipinski definition) is 4. The highest BCUT2D eigenvalue weighted by Gasteiger charge is 2.11. The number of rotatable bonds is 5. The van der Waals surface area contributed by atoms with Crippen LogP contribution in [-0.4, -0.2) is 20.7 Å². The Labute approximate surface area is 132 Å². The van der Waals surface area contributed by atoms with Gasteiger partial charge in [-0.2, -0.15) is 0 Å². The van der Waals surface area contributed by atoms with Gasteiger partial charge in [-0.1, -0.05) is 30.3 Å². The molecule has 0 saturated heterocycles. The van der Waals surface area contributed by atoms with E-state index in [1.54, 1.807) is 24.3 Å². The number of benzene rings is 2. The molecular formula is C17H14N4O2. The Bertz CT molecular complexity index is 912. The molecule has 0 unspecified atom stereocenters. The lowest BCUT2D eigenvalue weighted by atomic mass is 10.2. The molecule has 0 N–H and O–H groups in total. The van der Waals surface area contributed by atoms with E-state index in [-0.39, 0.29) is 5.69 Å². The first-order valence-electron chi connectivity index (χ1n) is 7.04. The van der Waals surface area contributed by atoms with Gasteiger partial charge in [0.1, 0.15) is 0 Å². The van der Waals surface area contributed by atoms with Gasteiger partial charge in [0.25, 0.3) is 5.69 Å². The SMILES string of the molecule is C=CCn1c(/N=C/c2ccccc2[N+](=O)[O-])nc2ccccc21. The second kappa shape index (κ2) is 6.23. The van der Waals surface area contributed by atoms with Gasteiger partial charge in [0, 0.05) is 18.8 Å². The van der Waals surface area contributed by atoms with Gasteiger partial charge in [0.2, 0.25) is 5.95 Å². The molecule has 114 valence electrons. The number of nitro groups is 1. The number of para-hydroxylation sites is 3. The largest absolute Gasteiger partial charge is 0.305 e. The molecule has 1 aromatic heterocycles. The first-order valence-corrected chi connectivity index (χ1v) is 7.04. The topological polar surface area (TPSA) is 73.3 Å². The minimum absolute atomic E-state index is 0.0163. The van der Waals surface area contributed by atoms with Gasteiger partial charge >= 0.3 is 0 Å². The summed E-state index contributed by atoms with van der Waals surface area (Å²) in [5, 5.41) is 11.1. The summed E-state index contributed by atoms with van der Waals surface area (Å²) in [5.41, 5.74) is 2.23. The maximum atomic E-state index is 11.1. The summed E-state index contributed by atoms with van der Waals surface area (Å²) in [7, 11) is 0. The van der Waals surface area contributed by atoms with Crippen molar-refractivity contribution in [3.63, 3.8) is 0 Å². The number of fused-ring (bicyclic) bond motifs is 1. The molecule has 0 fully saturated rings. The van der Waals surface area contributed by atoms with Crippen LogP contribution in [0.2, 0.25) is 0 Å². The van der Waals surface area contributed by atoms with Crippen molar-refractivity contribution in [1.29, 1.82) is 0 Å². The van der Waals surface area contributed by atoms with E-state index in [1.807, 2.05) is 28.8 Å². The van der Waals surface area contributed by atoms with E-state index in [9.17, 15) is 10.1 Å². The summed E-state index contributed by atoms with van der Waals surface area (Å²) in [6.45, 7) is 4.31. The van der Waals surface area contributed by atoms with Crippen molar-refractivity contribution in [3.8, 4) is 0 Å². The number of imidazole rings is 1. The molecule has 0 bridgehead atoms. The van der Waals surface area contributed by atoms with Crippen LogP contribution in [-0.2, 0) is 6.54 Å². The third-order valence-corrected chi connectivity index (χ3v) is 3.40. The van der Waals surface area contributed by atoms with Crippen LogP contribution < -0.4 is 0 Å². The van der Waals surface area contributed by atoms with Crippen LogP contribution >= 0.6 is 0 Å². The van der Waals surface area contributed by atoms with Crippen molar-refractivity contribution in [2.24, 2.45) is 4.99 Å². The molecule has 0 amide bonds. The Balaban J connectivity index is 2.06. The number of allylic oxidation sites excluding steroid dienone is 1. The fourth-order valence-electron chi connectivity index (χ4n) is 2.36. The van der Waals surface area contributed by atoms with Crippen LogP contribution in [0.3, 0.4) is 0 Å². The first-order chi connectivity index (χ1) is 11.2. The minimum atomic E-state index is -0.423. The summed E-state index contributed by atoms with van der Waals surface area (Å²) < 4.78 is 1.91. The van der Waals surface area contributed by atoms with Crippen molar-refractivity contribution in [3.05, 3.63) is 76.9 Å². The second-order valence-corrected chi connectivity index (χ2v) is 4.87. The van der Waals surface area contributed by atoms with Crippen molar-refractivity contribution in [1.82, 2.24) is 9.55 Å². The third kappa shape index (κ3) is 2.87. The van der Waals surface area contributed by atoms with E-state index < -0.39 is 4.92 Å². The van der Waals surface area contributed by atoms with Crippen molar-refractivity contribution >= 4 is 28.9 Å². The van der Waals surface area contributed by atoms with Gasteiger partial charge in [-0.05, 0) is 18.2 Å². The number of nitro benzene ring substituents is 1. The summed E-state index contributed by atoms with van der Waals surface area (Å²) >= 11 is 0. The van der Waals surface area contributed by atoms with Crippen LogP contribution in [0.5, 0.6) is 0 Å². The molecule has 6 heteroatoms. The van der Waals surface area contributed by atoms with Gasteiger partial charge in [0.15, 0.2) is 0 Å². The number of hydrogen-bond donors (Lipinski definition) is 0. The Kier molecular flexibility index (Phi) is 3.97. The Morgan fingerprint density at radius 1 is 1.22 bits per heavy atom. The second-order valence-electron chi connectivity index (χ2n) is 4.87. The van der Waals surface area contributed by atoms with Crippen molar-refractivity contribution in [2.75, 3.05) is 0 Å². The average Bonchev–Trinajstić information content (AvgIpc) is 2.91. The fourth-order valence-corrected chi connectivity index (χ4v) is 2.36. The molecule has 0 saturated carbocycles. The van der Waals surface area contributed by atoms with E-state index in [0.29, 0.717) is 18.1 Å².